The van der Waals surface area contributed by atoms with Gasteiger partial charge < -0.3 is 15.5 Å². The van der Waals surface area contributed by atoms with Crippen molar-refractivity contribution in [3.8, 4) is 6.07 Å². The second-order valence-corrected chi connectivity index (χ2v) is 7.00. The van der Waals surface area contributed by atoms with Gasteiger partial charge in [0.2, 0.25) is 5.91 Å². The third-order valence-corrected chi connectivity index (χ3v) is 5.26. The van der Waals surface area contributed by atoms with E-state index in [9.17, 15) is 9.59 Å². The van der Waals surface area contributed by atoms with Crippen LogP contribution in [0.2, 0.25) is 0 Å². The fourth-order valence-electron chi connectivity index (χ4n) is 3.96. The van der Waals surface area contributed by atoms with Crippen LogP contribution in [0, 0.1) is 11.3 Å². The lowest BCUT2D eigenvalue weighted by Crippen LogP contribution is -2.44. The van der Waals surface area contributed by atoms with Crippen molar-refractivity contribution in [1.29, 1.82) is 5.26 Å². The molecular formula is C19H20N4O3. The van der Waals surface area contributed by atoms with Crippen LogP contribution < -0.4 is 11.2 Å². The number of nitrogens with zero attached hydrogens (tertiary/aromatic N) is 2. The van der Waals surface area contributed by atoms with E-state index in [4.69, 9.17) is 15.7 Å². The maximum Gasteiger partial charge on any atom is 0.227 e. The van der Waals surface area contributed by atoms with E-state index in [1.165, 1.54) is 0 Å². The smallest absolute Gasteiger partial charge is 0.227 e. The Morgan fingerprint density at radius 3 is 3.00 bits per heavy atom. The molecule has 4 rings (SSSR count). The van der Waals surface area contributed by atoms with Crippen molar-refractivity contribution in [2.24, 2.45) is 5.73 Å². The maximum atomic E-state index is 13.1. The lowest BCUT2D eigenvalue weighted by atomic mass is 9.92. The standard InChI is InChI=1S/C19H20N4O3/c20-7-11-3-4-16-13(6-11)18(24)14-9-23(8-12-2-1-5-26-12)10-15(19(21)25)17(14)22-16/h3-4,6,12,15H,1-2,5,8-10H2,(H2,21,25)(H,22,24). The monoisotopic (exact) mass is 352 g/mol. The second-order valence-electron chi connectivity index (χ2n) is 7.00. The number of fused-ring (bicyclic) bond motifs is 2. The molecule has 0 spiro atoms. The highest BCUT2D eigenvalue weighted by Gasteiger charge is 2.33. The van der Waals surface area contributed by atoms with Crippen molar-refractivity contribution in [2.75, 3.05) is 19.7 Å². The van der Waals surface area contributed by atoms with Crippen LogP contribution in [0.5, 0.6) is 0 Å². The summed E-state index contributed by atoms with van der Waals surface area (Å²) in [4.78, 5) is 30.4. The first-order valence-electron chi connectivity index (χ1n) is 8.79. The number of H-pyrrole nitrogens is 1. The molecule has 134 valence electrons. The van der Waals surface area contributed by atoms with E-state index in [-0.39, 0.29) is 11.5 Å². The van der Waals surface area contributed by atoms with E-state index in [1.54, 1.807) is 18.2 Å². The number of benzene rings is 1. The lowest BCUT2D eigenvalue weighted by Gasteiger charge is -2.34. The Balaban J connectivity index is 1.79. The minimum atomic E-state index is -0.562. The molecule has 0 aliphatic carbocycles. The summed E-state index contributed by atoms with van der Waals surface area (Å²) in [7, 11) is 0. The number of hydrogen-bond acceptors (Lipinski definition) is 5. The van der Waals surface area contributed by atoms with Crippen LogP contribution in [0.1, 0.15) is 35.6 Å². The molecule has 1 aromatic carbocycles. The fraction of sp³-hybridized carbons (Fsp3) is 0.421. The topological polar surface area (TPSA) is 112 Å². The number of nitrogens with one attached hydrogen (secondary N) is 1. The molecule has 2 aliphatic heterocycles. The summed E-state index contributed by atoms with van der Waals surface area (Å²) in [5, 5.41) is 9.56. The molecule has 3 N–H and O–H groups in total. The molecule has 1 fully saturated rings. The Labute approximate surface area is 150 Å². The van der Waals surface area contributed by atoms with Crippen molar-refractivity contribution in [1.82, 2.24) is 9.88 Å². The maximum absolute atomic E-state index is 13.1. The van der Waals surface area contributed by atoms with Gasteiger partial charge in [0.15, 0.2) is 5.43 Å². The Morgan fingerprint density at radius 2 is 2.31 bits per heavy atom. The highest BCUT2D eigenvalue weighted by Crippen LogP contribution is 2.28. The predicted octanol–water partition coefficient (Wildman–Crippen LogP) is 0.963. The van der Waals surface area contributed by atoms with Crippen molar-refractivity contribution >= 4 is 16.8 Å². The van der Waals surface area contributed by atoms with Gasteiger partial charge in [0, 0.05) is 48.4 Å². The summed E-state index contributed by atoms with van der Waals surface area (Å²) < 4.78 is 5.69. The highest BCUT2D eigenvalue weighted by atomic mass is 16.5. The van der Waals surface area contributed by atoms with E-state index < -0.39 is 11.8 Å². The molecule has 26 heavy (non-hydrogen) atoms. The van der Waals surface area contributed by atoms with Crippen LogP contribution in [0.3, 0.4) is 0 Å². The fourth-order valence-corrected chi connectivity index (χ4v) is 3.96. The van der Waals surface area contributed by atoms with Gasteiger partial charge in [0.25, 0.3) is 0 Å². The second kappa shape index (κ2) is 6.56. The number of carbonyl (C=O) groups is 1. The van der Waals surface area contributed by atoms with E-state index in [0.29, 0.717) is 47.4 Å². The molecular weight excluding hydrogens is 332 g/mol. The molecule has 1 amide bonds. The molecule has 0 radical (unpaired) electrons. The highest BCUT2D eigenvalue weighted by molar-refractivity contribution is 5.86. The number of rotatable bonds is 3. The van der Waals surface area contributed by atoms with Gasteiger partial charge in [0.05, 0.1) is 23.7 Å². The summed E-state index contributed by atoms with van der Waals surface area (Å²) in [5.41, 5.74) is 7.69. The van der Waals surface area contributed by atoms with Crippen LogP contribution in [0.15, 0.2) is 23.0 Å². The molecule has 7 heteroatoms. The Morgan fingerprint density at radius 1 is 1.46 bits per heavy atom. The third-order valence-electron chi connectivity index (χ3n) is 5.26. The molecule has 0 saturated carbocycles. The first-order chi connectivity index (χ1) is 12.6. The number of aromatic nitrogens is 1. The van der Waals surface area contributed by atoms with E-state index in [1.807, 2.05) is 0 Å². The van der Waals surface area contributed by atoms with Gasteiger partial charge in [-0.25, -0.2) is 0 Å². The number of carbonyl (C=O) groups excluding carboxylic acids is 1. The van der Waals surface area contributed by atoms with Crippen molar-refractivity contribution < 1.29 is 9.53 Å². The van der Waals surface area contributed by atoms with Gasteiger partial charge in [0.1, 0.15) is 0 Å². The molecule has 2 unspecified atom stereocenters. The number of hydrogen-bond donors (Lipinski definition) is 2. The predicted molar refractivity (Wildman–Crippen MR) is 95.5 cm³/mol. The number of ether oxygens (including phenoxy) is 1. The summed E-state index contributed by atoms with van der Waals surface area (Å²) in [5.74, 6) is -1.01. The van der Waals surface area contributed by atoms with Crippen LogP contribution in [-0.4, -0.2) is 41.6 Å². The van der Waals surface area contributed by atoms with Crippen LogP contribution in [0.25, 0.3) is 10.9 Å². The zero-order valence-electron chi connectivity index (χ0n) is 14.3. The third kappa shape index (κ3) is 2.87. The Bertz CT molecular complexity index is 969. The summed E-state index contributed by atoms with van der Waals surface area (Å²) >= 11 is 0. The average Bonchev–Trinajstić information content (AvgIpc) is 3.14. The summed E-state index contributed by atoms with van der Waals surface area (Å²) in [6, 6.07) is 7.00. The number of pyridine rings is 1. The van der Waals surface area contributed by atoms with Gasteiger partial charge in [-0.05, 0) is 31.0 Å². The molecule has 2 aromatic rings. The molecule has 2 aliphatic rings. The Hall–Kier alpha value is -2.69. The van der Waals surface area contributed by atoms with Crippen molar-refractivity contribution in [2.45, 2.75) is 31.4 Å². The lowest BCUT2D eigenvalue weighted by molar-refractivity contribution is -0.120. The number of aromatic amines is 1. The minimum absolute atomic E-state index is 0.134. The number of nitriles is 1. The van der Waals surface area contributed by atoms with E-state index >= 15 is 0 Å². The zero-order valence-corrected chi connectivity index (χ0v) is 14.3. The molecule has 2 atom stereocenters. The summed E-state index contributed by atoms with van der Waals surface area (Å²) in [6.07, 6.45) is 2.16. The summed E-state index contributed by atoms with van der Waals surface area (Å²) in [6.45, 7) is 2.36. The molecule has 0 bridgehead atoms. The minimum Gasteiger partial charge on any atom is -0.377 e. The molecule has 3 heterocycles. The van der Waals surface area contributed by atoms with Crippen molar-refractivity contribution in [3.63, 3.8) is 0 Å². The largest absolute Gasteiger partial charge is 0.377 e. The normalized spacial score (nSPS) is 22.9. The van der Waals surface area contributed by atoms with Crippen LogP contribution >= 0.6 is 0 Å². The van der Waals surface area contributed by atoms with E-state index in [2.05, 4.69) is 16.0 Å². The quantitative estimate of drug-likeness (QED) is 0.854. The SMILES string of the molecule is N#Cc1ccc2[nH]c3c(c(=O)c2c1)CN(CC1CCCO1)CC3C(N)=O. The first-order valence-corrected chi connectivity index (χ1v) is 8.79. The molecule has 1 aromatic heterocycles. The van der Waals surface area contributed by atoms with Crippen LogP contribution in [-0.2, 0) is 16.1 Å². The zero-order chi connectivity index (χ0) is 18.3. The van der Waals surface area contributed by atoms with Gasteiger partial charge in [-0.15, -0.1) is 0 Å². The van der Waals surface area contributed by atoms with Crippen molar-refractivity contribution in [3.05, 3.63) is 45.2 Å². The average molecular weight is 352 g/mol. The van der Waals surface area contributed by atoms with Gasteiger partial charge in [-0.1, -0.05) is 0 Å². The van der Waals surface area contributed by atoms with E-state index in [0.717, 1.165) is 19.4 Å². The van der Waals surface area contributed by atoms with Gasteiger partial charge in [-0.3, -0.25) is 14.5 Å². The number of primary amides is 1. The van der Waals surface area contributed by atoms with Crippen LogP contribution in [0.4, 0.5) is 0 Å². The van der Waals surface area contributed by atoms with Gasteiger partial charge in [-0.2, -0.15) is 5.26 Å². The first kappa shape index (κ1) is 16.8. The van der Waals surface area contributed by atoms with Gasteiger partial charge >= 0.3 is 0 Å². The molecule has 1 saturated heterocycles. The Kier molecular flexibility index (Phi) is 4.23. The molecule has 7 nitrogen and oxygen atoms in total. The number of amides is 1. The number of nitrogens with two attached hydrogens (primary N) is 1.